The molecule has 94 valence electrons. The Hall–Kier alpha value is -1.78. The van der Waals surface area contributed by atoms with Gasteiger partial charge in [-0.15, -0.1) is 0 Å². The minimum atomic E-state index is -0.705. The van der Waals surface area contributed by atoms with Crippen molar-refractivity contribution in [1.82, 2.24) is 0 Å². The minimum Gasteiger partial charge on any atom is -0.469 e. The van der Waals surface area contributed by atoms with Gasteiger partial charge in [0.05, 0.1) is 26.0 Å². The molecule has 0 bridgehead atoms. The summed E-state index contributed by atoms with van der Waals surface area (Å²) < 4.78 is 11.2. The normalized spacial score (nSPS) is 26.2. The van der Waals surface area contributed by atoms with E-state index >= 15 is 0 Å². The Bertz CT molecular complexity index is 386. The van der Waals surface area contributed by atoms with Crippen molar-refractivity contribution >= 4 is 18.2 Å². The highest BCUT2D eigenvalue weighted by molar-refractivity contribution is 5.86. The molecule has 1 aliphatic rings. The molecular formula is C12H17NO4. The maximum Gasteiger partial charge on any atom is 0.307 e. The van der Waals surface area contributed by atoms with Gasteiger partial charge >= 0.3 is 11.9 Å². The maximum atomic E-state index is 11.7. The Balaban J connectivity index is 3.19. The van der Waals surface area contributed by atoms with Crippen molar-refractivity contribution in [1.29, 1.82) is 0 Å². The third-order valence-corrected chi connectivity index (χ3v) is 3.00. The highest BCUT2D eigenvalue weighted by atomic mass is 16.5. The van der Waals surface area contributed by atoms with E-state index < -0.39 is 23.8 Å². The van der Waals surface area contributed by atoms with Gasteiger partial charge < -0.3 is 14.0 Å². The average molecular weight is 239 g/mol. The fourth-order valence-electron chi connectivity index (χ4n) is 2.16. The van der Waals surface area contributed by atoms with E-state index in [1.165, 1.54) is 14.2 Å². The predicted octanol–water partition coefficient (Wildman–Crippen LogP) is 0.747. The molecule has 0 N–H and O–H groups in total. The Labute approximate surface area is 101 Å². The molecule has 0 aromatic heterocycles. The predicted molar refractivity (Wildman–Crippen MR) is 61.1 cm³/mol. The van der Waals surface area contributed by atoms with Crippen LogP contribution in [0.4, 0.5) is 0 Å². The van der Waals surface area contributed by atoms with E-state index in [4.69, 9.17) is 9.47 Å². The smallest absolute Gasteiger partial charge is 0.307 e. The zero-order valence-corrected chi connectivity index (χ0v) is 10.5. The van der Waals surface area contributed by atoms with Crippen LogP contribution < -0.4 is 0 Å². The summed E-state index contributed by atoms with van der Waals surface area (Å²) >= 11 is 0. The summed E-state index contributed by atoms with van der Waals surface area (Å²) in [5, 5.41) is 0. The van der Waals surface area contributed by atoms with E-state index in [0.29, 0.717) is 5.70 Å². The molecule has 2 unspecified atom stereocenters. The molecule has 0 aromatic rings. The lowest BCUT2D eigenvalue weighted by molar-refractivity contribution is -0.444. The van der Waals surface area contributed by atoms with Gasteiger partial charge in [-0.1, -0.05) is 6.58 Å². The third-order valence-electron chi connectivity index (χ3n) is 3.00. The number of ether oxygens (including phenoxy) is 2. The number of esters is 2. The summed E-state index contributed by atoms with van der Waals surface area (Å²) in [6.07, 6.45) is 1.76. The van der Waals surface area contributed by atoms with E-state index in [9.17, 15) is 9.59 Å². The lowest BCUT2D eigenvalue weighted by Gasteiger charge is -2.16. The van der Waals surface area contributed by atoms with E-state index in [1.54, 1.807) is 17.7 Å². The molecule has 1 rings (SSSR count). The standard InChI is InChI=1S/C12H17NO4/c1-6-13-7(2)9(11(14)16-4)10(8(13)3)12(15)17-5/h6,9-10H,2H2,1,3-5H3. The first kappa shape index (κ1) is 13.3. The van der Waals surface area contributed by atoms with E-state index in [-0.39, 0.29) is 0 Å². The van der Waals surface area contributed by atoms with Crippen LogP contribution in [0.3, 0.4) is 0 Å². The van der Waals surface area contributed by atoms with Gasteiger partial charge in [-0.05, 0) is 13.8 Å². The highest BCUT2D eigenvalue weighted by Crippen LogP contribution is 2.39. The van der Waals surface area contributed by atoms with Crippen LogP contribution in [0, 0.1) is 17.9 Å². The molecule has 5 nitrogen and oxygen atoms in total. The van der Waals surface area contributed by atoms with Crippen LogP contribution in [-0.4, -0.2) is 36.9 Å². The SMILES string of the molecule is C=C1C(C(=O)OC)C(C(=O)OC)[C-](C)[N+]1=CC. The zero-order valence-electron chi connectivity index (χ0n) is 10.5. The first-order valence-corrected chi connectivity index (χ1v) is 5.26. The van der Waals surface area contributed by atoms with Gasteiger partial charge in [0.2, 0.25) is 0 Å². The van der Waals surface area contributed by atoms with E-state index in [1.807, 2.05) is 6.92 Å². The number of hydrogen-bond donors (Lipinski definition) is 0. The minimum absolute atomic E-state index is 0.455. The molecule has 1 saturated heterocycles. The molecule has 0 aliphatic carbocycles. The molecule has 0 spiro atoms. The van der Waals surface area contributed by atoms with Crippen molar-refractivity contribution in [2.45, 2.75) is 13.8 Å². The van der Waals surface area contributed by atoms with Crippen molar-refractivity contribution < 1.29 is 23.6 Å². The Morgan fingerprint density at radius 2 is 1.88 bits per heavy atom. The molecule has 0 radical (unpaired) electrons. The Morgan fingerprint density at radius 1 is 1.35 bits per heavy atom. The quantitative estimate of drug-likeness (QED) is 0.405. The molecular weight excluding hydrogens is 222 g/mol. The molecule has 1 heterocycles. The van der Waals surface area contributed by atoms with Gasteiger partial charge in [0.25, 0.3) is 0 Å². The summed E-state index contributed by atoms with van der Waals surface area (Å²) in [5.74, 6) is -2.29. The molecule has 0 aromatic carbocycles. The first-order valence-electron chi connectivity index (χ1n) is 5.26. The Kier molecular flexibility index (Phi) is 3.93. The fraction of sp³-hybridized carbons (Fsp3) is 0.500. The summed E-state index contributed by atoms with van der Waals surface area (Å²) in [6, 6.07) is 0.722. The first-order chi connectivity index (χ1) is 7.99. The van der Waals surface area contributed by atoms with Crippen molar-refractivity contribution in [2.75, 3.05) is 14.2 Å². The highest BCUT2D eigenvalue weighted by Gasteiger charge is 2.49. The molecule has 5 heteroatoms. The van der Waals surface area contributed by atoms with Crippen molar-refractivity contribution in [2.24, 2.45) is 11.8 Å². The number of rotatable bonds is 2. The van der Waals surface area contributed by atoms with E-state index in [0.717, 1.165) is 6.04 Å². The van der Waals surface area contributed by atoms with Crippen LogP contribution in [0.2, 0.25) is 0 Å². The van der Waals surface area contributed by atoms with Crippen LogP contribution in [0.1, 0.15) is 13.8 Å². The number of hydrogen-bond acceptors (Lipinski definition) is 4. The molecule has 0 amide bonds. The zero-order chi connectivity index (χ0) is 13.2. The third kappa shape index (κ3) is 2.05. The summed E-state index contributed by atoms with van der Waals surface area (Å²) in [6.45, 7) is 7.42. The van der Waals surface area contributed by atoms with E-state index in [2.05, 4.69) is 6.58 Å². The number of methoxy groups -OCH3 is 2. The number of carbonyl (C=O) groups is 2. The monoisotopic (exact) mass is 239 g/mol. The molecule has 0 saturated carbocycles. The van der Waals surface area contributed by atoms with Gasteiger partial charge in [-0.25, -0.2) is 0 Å². The maximum absolute atomic E-state index is 11.7. The lowest BCUT2D eigenvalue weighted by atomic mass is 9.90. The van der Waals surface area contributed by atoms with Gasteiger partial charge in [-0.2, -0.15) is 0 Å². The van der Waals surface area contributed by atoms with Crippen LogP contribution in [-0.2, 0) is 19.1 Å². The van der Waals surface area contributed by atoms with Crippen LogP contribution in [0.15, 0.2) is 12.3 Å². The van der Waals surface area contributed by atoms with Crippen LogP contribution in [0.25, 0.3) is 0 Å². The van der Waals surface area contributed by atoms with Crippen LogP contribution >= 0.6 is 0 Å². The fourth-order valence-corrected chi connectivity index (χ4v) is 2.16. The second-order valence-electron chi connectivity index (χ2n) is 3.76. The average Bonchev–Trinajstić information content (AvgIpc) is 2.58. The van der Waals surface area contributed by atoms with Crippen molar-refractivity contribution in [3.63, 3.8) is 0 Å². The summed E-state index contributed by atoms with van der Waals surface area (Å²) in [7, 11) is 2.59. The lowest BCUT2D eigenvalue weighted by Crippen LogP contribution is -2.30. The van der Waals surface area contributed by atoms with Gasteiger partial charge in [0, 0.05) is 6.21 Å². The molecule has 2 atom stereocenters. The van der Waals surface area contributed by atoms with Gasteiger partial charge in [-0.3, -0.25) is 9.59 Å². The van der Waals surface area contributed by atoms with Gasteiger partial charge in [0.15, 0.2) is 0 Å². The second-order valence-corrected chi connectivity index (χ2v) is 3.76. The summed E-state index contributed by atoms with van der Waals surface area (Å²) in [5.41, 5.74) is 0.534. The molecule has 1 fully saturated rings. The topological polar surface area (TPSA) is 55.6 Å². The van der Waals surface area contributed by atoms with Crippen LogP contribution in [0.5, 0.6) is 0 Å². The van der Waals surface area contributed by atoms with Gasteiger partial charge in [0.1, 0.15) is 11.8 Å². The van der Waals surface area contributed by atoms with Crippen molar-refractivity contribution in [3.8, 4) is 0 Å². The summed E-state index contributed by atoms with van der Waals surface area (Å²) in [4.78, 5) is 23.4. The Morgan fingerprint density at radius 3 is 2.29 bits per heavy atom. The second kappa shape index (κ2) is 5.03. The molecule has 1 aliphatic heterocycles. The number of carbonyl (C=O) groups excluding carboxylic acids is 2. The molecule has 17 heavy (non-hydrogen) atoms. The van der Waals surface area contributed by atoms with Crippen molar-refractivity contribution in [3.05, 3.63) is 18.3 Å². The number of nitrogens with zero attached hydrogens (tertiary/aromatic N) is 1. The largest absolute Gasteiger partial charge is 0.469 e.